The summed E-state index contributed by atoms with van der Waals surface area (Å²) >= 11 is 7.95. The normalized spacial score (nSPS) is 10.8. The van der Waals surface area contributed by atoms with Gasteiger partial charge in [0.1, 0.15) is 0 Å². The molecule has 0 N–H and O–H groups in total. The molecule has 0 radical (unpaired) electrons. The van der Waals surface area contributed by atoms with Gasteiger partial charge >= 0.3 is 0 Å². The van der Waals surface area contributed by atoms with Crippen LogP contribution in [0.4, 0.5) is 0 Å². The molecule has 0 aliphatic rings. The molecule has 94 valence electrons. The Bertz CT molecular complexity index is 725. The number of nitrogens with zero attached hydrogens (tertiary/aromatic N) is 1. The number of para-hydroxylation sites is 1. The van der Waals surface area contributed by atoms with Crippen LogP contribution in [0, 0.1) is 0 Å². The van der Waals surface area contributed by atoms with Gasteiger partial charge in [-0.3, -0.25) is 0 Å². The van der Waals surface area contributed by atoms with E-state index in [2.05, 4.69) is 24.5 Å². The van der Waals surface area contributed by atoms with Gasteiger partial charge in [0.25, 0.3) is 0 Å². The van der Waals surface area contributed by atoms with Gasteiger partial charge in [-0.05, 0) is 18.4 Å². The average Bonchev–Trinajstić information content (AvgIpc) is 2.47. The van der Waals surface area contributed by atoms with E-state index in [4.69, 9.17) is 16.6 Å². The molecule has 2 aromatic carbocycles. The maximum Gasteiger partial charge on any atom is 0.0896 e. The van der Waals surface area contributed by atoms with Crippen LogP contribution in [-0.4, -0.2) is 11.2 Å². The van der Waals surface area contributed by atoms with E-state index in [0.29, 0.717) is 5.02 Å². The number of rotatable bonds is 2. The lowest BCUT2D eigenvalue weighted by Crippen LogP contribution is -1.89. The topological polar surface area (TPSA) is 12.9 Å². The van der Waals surface area contributed by atoms with Crippen molar-refractivity contribution >= 4 is 34.3 Å². The van der Waals surface area contributed by atoms with Gasteiger partial charge in [0.15, 0.2) is 0 Å². The predicted molar refractivity (Wildman–Crippen MR) is 84.0 cm³/mol. The van der Waals surface area contributed by atoms with Crippen molar-refractivity contribution in [2.45, 2.75) is 4.90 Å². The second-order valence-corrected chi connectivity index (χ2v) is 5.47. The molecule has 0 aliphatic heterocycles. The lowest BCUT2D eigenvalue weighted by Gasteiger charge is -2.09. The third-order valence-corrected chi connectivity index (χ3v) is 4.08. The van der Waals surface area contributed by atoms with Crippen LogP contribution in [0.5, 0.6) is 0 Å². The molecule has 0 atom stereocenters. The quantitative estimate of drug-likeness (QED) is 0.594. The van der Waals surface area contributed by atoms with Crippen LogP contribution < -0.4 is 0 Å². The van der Waals surface area contributed by atoms with Crippen molar-refractivity contribution in [1.82, 2.24) is 4.98 Å². The first-order chi connectivity index (χ1) is 9.29. The van der Waals surface area contributed by atoms with Gasteiger partial charge in [-0.2, -0.15) is 0 Å². The van der Waals surface area contributed by atoms with E-state index in [-0.39, 0.29) is 0 Å². The number of hydrogen-bond acceptors (Lipinski definition) is 2. The minimum Gasteiger partial charge on any atom is -0.245 e. The van der Waals surface area contributed by atoms with Crippen molar-refractivity contribution in [3.63, 3.8) is 0 Å². The molecule has 1 aromatic heterocycles. The monoisotopic (exact) mass is 285 g/mol. The molecule has 0 spiro atoms. The number of benzene rings is 2. The summed E-state index contributed by atoms with van der Waals surface area (Å²) in [4.78, 5) is 5.93. The van der Waals surface area contributed by atoms with Crippen molar-refractivity contribution in [3.8, 4) is 11.3 Å². The highest BCUT2D eigenvalue weighted by Gasteiger charge is 2.10. The third-order valence-electron chi connectivity index (χ3n) is 3.03. The Balaban J connectivity index is 2.32. The molecular formula is C16H12ClNS. The Kier molecular flexibility index (Phi) is 3.45. The van der Waals surface area contributed by atoms with E-state index in [1.807, 2.05) is 36.4 Å². The predicted octanol–water partition coefficient (Wildman–Crippen LogP) is 5.28. The van der Waals surface area contributed by atoms with E-state index in [9.17, 15) is 0 Å². The van der Waals surface area contributed by atoms with Crippen LogP contribution >= 0.6 is 23.4 Å². The summed E-state index contributed by atoms with van der Waals surface area (Å²) in [5.74, 6) is 0. The summed E-state index contributed by atoms with van der Waals surface area (Å²) in [7, 11) is 0. The molecule has 3 aromatic rings. The fourth-order valence-corrected chi connectivity index (χ4v) is 2.93. The zero-order chi connectivity index (χ0) is 13.2. The highest BCUT2D eigenvalue weighted by Crippen LogP contribution is 2.33. The molecule has 19 heavy (non-hydrogen) atoms. The molecule has 0 amide bonds. The van der Waals surface area contributed by atoms with Crippen LogP contribution in [0.25, 0.3) is 22.2 Å². The molecule has 3 heteroatoms. The number of pyridine rings is 1. The number of halogens is 1. The van der Waals surface area contributed by atoms with E-state index in [1.54, 1.807) is 11.8 Å². The molecular weight excluding hydrogens is 274 g/mol. The lowest BCUT2D eigenvalue weighted by molar-refractivity contribution is 1.30. The SMILES string of the molecule is CSc1cc2cccc(Cl)c2nc1-c1ccccc1. The molecule has 1 heterocycles. The van der Waals surface area contributed by atoms with Crippen LogP contribution in [0.3, 0.4) is 0 Å². The maximum absolute atomic E-state index is 6.24. The molecule has 0 saturated carbocycles. The van der Waals surface area contributed by atoms with Gasteiger partial charge in [0.2, 0.25) is 0 Å². The largest absolute Gasteiger partial charge is 0.245 e. The Labute approximate surface area is 121 Å². The molecule has 0 unspecified atom stereocenters. The first-order valence-corrected chi connectivity index (χ1v) is 7.58. The Morgan fingerprint density at radius 2 is 1.79 bits per heavy atom. The summed E-state index contributed by atoms with van der Waals surface area (Å²) < 4.78 is 0. The van der Waals surface area contributed by atoms with E-state index >= 15 is 0 Å². The van der Waals surface area contributed by atoms with Crippen LogP contribution in [-0.2, 0) is 0 Å². The van der Waals surface area contributed by atoms with Gasteiger partial charge in [0, 0.05) is 15.8 Å². The highest BCUT2D eigenvalue weighted by molar-refractivity contribution is 7.98. The Hall–Kier alpha value is -1.51. The van der Waals surface area contributed by atoms with Gasteiger partial charge in [-0.1, -0.05) is 54.1 Å². The fraction of sp³-hybridized carbons (Fsp3) is 0.0625. The standard InChI is InChI=1S/C16H12ClNS/c1-19-14-10-12-8-5-9-13(17)15(12)18-16(14)11-6-3-2-4-7-11/h2-10H,1H3. The van der Waals surface area contributed by atoms with E-state index in [1.165, 1.54) is 4.90 Å². The molecule has 0 aliphatic carbocycles. The molecule has 0 fully saturated rings. The van der Waals surface area contributed by atoms with Crippen molar-refractivity contribution < 1.29 is 0 Å². The van der Waals surface area contributed by atoms with Crippen molar-refractivity contribution in [1.29, 1.82) is 0 Å². The summed E-state index contributed by atoms with van der Waals surface area (Å²) in [6.45, 7) is 0. The van der Waals surface area contributed by atoms with Crippen molar-refractivity contribution in [2.75, 3.05) is 6.26 Å². The number of aromatic nitrogens is 1. The number of hydrogen-bond donors (Lipinski definition) is 0. The Morgan fingerprint density at radius 3 is 2.53 bits per heavy atom. The average molecular weight is 286 g/mol. The lowest BCUT2D eigenvalue weighted by atomic mass is 10.1. The molecule has 0 bridgehead atoms. The van der Waals surface area contributed by atoms with E-state index < -0.39 is 0 Å². The summed E-state index contributed by atoms with van der Waals surface area (Å²) in [5.41, 5.74) is 2.98. The summed E-state index contributed by atoms with van der Waals surface area (Å²) in [6, 6.07) is 18.2. The Morgan fingerprint density at radius 1 is 1.00 bits per heavy atom. The zero-order valence-electron chi connectivity index (χ0n) is 10.4. The van der Waals surface area contributed by atoms with Crippen LogP contribution in [0.15, 0.2) is 59.5 Å². The van der Waals surface area contributed by atoms with Gasteiger partial charge in [-0.25, -0.2) is 4.98 Å². The molecule has 3 rings (SSSR count). The first-order valence-electron chi connectivity index (χ1n) is 5.98. The number of thioether (sulfide) groups is 1. The minimum absolute atomic E-state index is 0.697. The van der Waals surface area contributed by atoms with E-state index in [0.717, 1.165) is 22.2 Å². The molecule has 0 saturated heterocycles. The molecule has 1 nitrogen and oxygen atoms in total. The summed E-state index contributed by atoms with van der Waals surface area (Å²) in [5, 5.41) is 1.78. The van der Waals surface area contributed by atoms with Crippen LogP contribution in [0.1, 0.15) is 0 Å². The van der Waals surface area contributed by atoms with Gasteiger partial charge < -0.3 is 0 Å². The summed E-state index contributed by atoms with van der Waals surface area (Å²) in [6.07, 6.45) is 2.07. The fourth-order valence-electron chi connectivity index (χ4n) is 2.10. The smallest absolute Gasteiger partial charge is 0.0896 e. The minimum atomic E-state index is 0.697. The zero-order valence-corrected chi connectivity index (χ0v) is 12.0. The highest BCUT2D eigenvalue weighted by atomic mass is 35.5. The first kappa shape index (κ1) is 12.5. The van der Waals surface area contributed by atoms with Crippen molar-refractivity contribution in [3.05, 3.63) is 59.6 Å². The maximum atomic E-state index is 6.24. The van der Waals surface area contributed by atoms with Crippen molar-refractivity contribution in [2.24, 2.45) is 0 Å². The van der Waals surface area contributed by atoms with Crippen LogP contribution in [0.2, 0.25) is 5.02 Å². The second kappa shape index (κ2) is 5.24. The number of fused-ring (bicyclic) bond motifs is 1. The van der Waals surface area contributed by atoms with Gasteiger partial charge in [-0.15, -0.1) is 11.8 Å². The second-order valence-electron chi connectivity index (χ2n) is 4.22. The third kappa shape index (κ3) is 2.34. The van der Waals surface area contributed by atoms with Gasteiger partial charge in [0.05, 0.1) is 16.2 Å².